The second-order valence-corrected chi connectivity index (χ2v) is 9.14. The van der Waals surface area contributed by atoms with Crippen molar-refractivity contribution < 1.29 is 22.7 Å². The van der Waals surface area contributed by atoms with Gasteiger partial charge in [0.2, 0.25) is 15.9 Å². The lowest BCUT2D eigenvalue weighted by Gasteiger charge is -2.26. The molecule has 30 heavy (non-hydrogen) atoms. The van der Waals surface area contributed by atoms with Crippen LogP contribution in [0.5, 0.6) is 0 Å². The maximum Gasteiger partial charge on any atom is 0.254 e. The number of rotatable bonds is 6. The van der Waals surface area contributed by atoms with E-state index in [1.54, 1.807) is 24.3 Å². The summed E-state index contributed by atoms with van der Waals surface area (Å²) in [7, 11) is -2.25. The van der Waals surface area contributed by atoms with Gasteiger partial charge >= 0.3 is 0 Å². The number of benzene rings is 2. The molecule has 160 valence electrons. The molecule has 1 aliphatic heterocycles. The molecule has 0 atom stereocenters. The normalized spacial score (nSPS) is 14.9. The van der Waals surface area contributed by atoms with Gasteiger partial charge in [0.05, 0.1) is 24.7 Å². The van der Waals surface area contributed by atoms with Gasteiger partial charge in [0.1, 0.15) is 0 Å². The number of likely N-dealkylation sites (N-methyl/N-ethyl adjacent to an activating group) is 1. The highest BCUT2D eigenvalue weighted by molar-refractivity contribution is 7.89. The molecule has 0 bridgehead atoms. The second-order valence-electron chi connectivity index (χ2n) is 6.76. The Bertz CT molecular complexity index is 1040. The van der Waals surface area contributed by atoms with Crippen LogP contribution in [-0.4, -0.2) is 69.3 Å². The number of hydrogen-bond acceptors (Lipinski definition) is 5. The van der Waals surface area contributed by atoms with E-state index in [0.29, 0.717) is 23.9 Å². The summed E-state index contributed by atoms with van der Waals surface area (Å²) in [5.41, 5.74) is 0.703. The largest absolute Gasteiger partial charge is 0.379 e. The van der Waals surface area contributed by atoms with Gasteiger partial charge in [-0.2, -0.15) is 4.31 Å². The zero-order chi connectivity index (χ0) is 21.7. The number of nitrogens with one attached hydrogen (secondary N) is 1. The highest BCUT2D eigenvalue weighted by atomic mass is 35.5. The van der Waals surface area contributed by atoms with Gasteiger partial charge in [0.15, 0.2) is 0 Å². The quantitative estimate of drug-likeness (QED) is 0.725. The number of amides is 2. The Morgan fingerprint density at radius 1 is 1.13 bits per heavy atom. The van der Waals surface area contributed by atoms with E-state index >= 15 is 0 Å². The van der Waals surface area contributed by atoms with Gasteiger partial charge in [-0.3, -0.25) is 9.59 Å². The Balaban J connectivity index is 1.68. The average Bonchev–Trinajstić information content (AvgIpc) is 2.73. The van der Waals surface area contributed by atoms with E-state index in [1.807, 2.05) is 0 Å². The number of carbonyl (C=O) groups excluding carboxylic acids is 2. The zero-order valence-electron chi connectivity index (χ0n) is 16.4. The molecule has 8 nitrogen and oxygen atoms in total. The number of ether oxygens (including phenoxy) is 1. The first-order chi connectivity index (χ1) is 14.3. The second kappa shape index (κ2) is 9.57. The van der Waals surface area contributed by atoms with Crippen LogP contribution in [0.4, 0.5) is 5.69 Å². The molecule has 0 spiro atoms. The number of sulfonamides is 1. The van der Waals surface area contributed by atoms with Gasteiger partial charge in [0, 0.05) is 36.4 Å². The van der Waals surface area contributed by atoms with Crippen LogP contribution in [0.2, 0.25) is 5.02 Å². The SMILES string of the molecule is CN(CC(=O)Nc1cccc(Cl)c1)C(=O)c1cccc(S(=O)(=O)N2CCOCC2)c1. The van der Waals surface area contributed by atoms with Gasteiger partial charge in [-0.1, -0.05) is 23.7 Å². The number of morpholine rings is 1. The summed E-state index contributed by atoms with van der Waals surface area (Å²) in [6.07, 6.45) is 0. The van der Waals surface area contributed by atoms with Crippen molar-refractivity contribution in [1.82, 2.24) is 9.21 Å². The van der Waals surface area contributed by atoms with E-state index < -0.39 is 21.8 Å². The molecule has 0 unspecified atom stereocenters. The Hall–Kier alpha value is -2.46. The highest BCUT2D eigenvalue weighted by Gasteiger charge is 2.27. The maximum absolute atomic E-state index is 12.8. The third-order valence-electron chi connectivity index (χ3n) is 4.52. The topological polar surface area (TPSA) is 96.0 Å². The molecule has 2 aromatic carbocycles. The van der Waals surface area contributed by atoms with E-state index in [-0.39, 0.29) is 30.1 Å². The lowest BCUT2D eigenvalue weighted by atomic mass is 10.2. The molecule has 0 aliphatic carbocycles. The summed E-state index contributed by atoms with van der Waals surface area (Å²) in [6.45, 7) is 1.00. The Labute approximate surface area is 180 Å². The predicted molar refractivity (Wildman–Crippen MR) is 113 cm³/mol. The van der Waals surface area contributed by atoms with Crippen molar-refractivity contribution in [2.45, 2.75) is 4.90 Å². The van der Waals surface area contributed by atoms with Crippen molar-refractivity contribution in [2.75, 3.05) is 45.2 Å². The maximum atomic E-state index is 12.8. The number of nitrogens with zero attached hydrogens (tertiary/aromatic N) is 2. The van der Waals surface area contributed by atoms with Crippen molar-refractivity contribution in [3.63, 3.8) is 0 Å². The van der Waals surface area contributed by atoms with Crippen LogP contribution >= 0.6 is 11.6 Å². The fourth-order valence-corrected chi connectivity index (χ4v) is 4.64. The number of anilines is 1. The fourth-order valence-electron chi connectivity index (χ4n) is 3.00. The van der Waals surface area contributed by atoms with Crippen molar-refractivity contribution >= 4 is 39.1 Å². The van der Waals surface area contributed by atoms with Crippen LogP contribution in [0.25, 0.3) is 0 Å². The van der Waals surface area contributed by atoms with Crippen molar-refractivity contribution in [3.8, 4) is 0 Å². The van der Waals surface area contributed by atoms with Gasteiger partial charge < -0.3 is 15.0 Å². The summed E-state index contributed by atoms with van der Waals surface area (Å²) in [5, 5.41) is 3.15. The molecule has 0 radical (unpaired) electrons. The Kier molecular flexibility index (Phi) is 7.09. The Morgan fingerprint density at radius 2 is 1.83 bits per heavy atom. The number of halogens is 1. The smallest absolute Gasteiger partial charge is 0.254 e. The molecule has 1 fully saturated rings. The standard InChI is InChI=1S/C20H22ClN3O5S/c1-23(14-19(25)22-17-6-3-5-16(21)13-17)20(26)15-4-2-7-18(12-15)30(27,28)24-8-10-29-11-9-24/h2-7,12-13H,8-11,14H2,1H3,(H,22,25). The van der Waals surface area contributed by atoms with Crippen LogP contribution < -0.4 is 5.32 Å². The molecule has 3 rings (SSSR count). The van der Waals surface area contributed by atoms with E-state index in [0.717, 1.165) is 0 Å². The third-order valence-corrected chi connectivity index (χ3v) is 6.65. The van der Waals surface area contributed by atoms with Crippen molar-refractivity contribution in [2.24, 2.45) is 0 Å². The molecular weight excluding hydrogens is 430 g/mol. The molecule has 0 aromatic heterocycles. The summed E-state index contributed by atoms with van der Waals surface area (Å²) < 4.78 is 32.2. The molecule has 0 saturated carbocycles. The molecular formula is C20H22ClN3O5S. The fraction of sp³-hybridized carbons (Fsp3) is 0.300. The van der Waals surface area contributed by atoms with Gasteiger partial charge in [-0.15, -0.1) is 0 Å². The minimum atomic E-state index is -3.72. The first-order valence-electron chi connectivity index (χ1n) is 9.26. The number of hydrogen-bond donors (Lipinski definition) is 1. The molecule has 1 heterocycles. The minimum absolute atomic E-state index is 0.0343. The van der Waals surface area contributed by atoms with Gasteiger partial charge in [-0.05, 0) is 36.4 Å². The monoisotopic (exact) mass is 451 g/mol. The lowest BCUT2D eigenvalue weighted by molar-refractivity contribution is -0.116. The lowest BCUT2D eigenvalue weighted by Crippen LogP contribution is -2.40. The van der Waals surface area contributed by atoms with Gasteiger partial charge in [-0.25, -0.2) is 8.42 Å². The minimum Gasteiger partial charge on any atom is -0.379 e. The first-order valence-corrected chi connectivity index (χ1v) is 11.1. The van der Waals surface area contributed by atoms with Crippen LogP contribution in [-0.2, 0) is 19.6 Å². The van der Waals surface area contributed by atoms with E-state index in [4.69, 9.17) is 16.3 Å². The summed E-state index contributed by atoms with van der Waals surface area (Å²) in [6, 6.07) is 12.5. The van der Waals surface area contributed by atoms with Crippen LogP contribution in [0.3, 0.4) is 0 Å². The molecule has 1 aliphatic rings. The van der Waals surface area contributed by atoms with E-state index in [2.05, 4.69) is 5.32 Å². The average molecular weight is 452 g/mol. The molecule has 1 N–H and O–H groups in total. The summed E-state index contributed by atoms with van der Waals surface area (Å²) in [5.74, 6) is -0.861. The Morgan fingerprint density at radius 3 is 2.53 bits per heavy atom. The molecule has 2 aromatic rings. The molecule has 1 saturated heterocycles. The van der Waals surface area contributed by atoms with Crippen molar-refractivity contribution in [3.05, 3.63) is 59.1 Å². The van der Waals surface area contributed by atoms with Crippen LogP contribution in [0.1, 0.15) is 10.4 Å². The summed E-state index contributed by atoms with van der Waals surface area (Å²) in [4.78, 5) is 26.2. The van der Waals surface area contributed by atoms with Crippen molar-refractivity contribution in [1.29, 1.82) is 0 Å². The number of carbonyl (C=O) groups is 2. The predicted octanol–water partition coefficient (Wildman–Crippen LogP) is 2.07. The van der Waals surface area contributed by atoms with E-state index in [9.17, 15) is 18.0 Å². The van der Waals surface area contributed by atoms with Gasteiger partial charge in [0.25, 0.3) is 5.91 Å². The molecule has 10 heteroatoms. The molecule has 2 amide bonds. The van der Waals surface area contributed by atoms with Crippen LogP contribution in [0, 0.1) is 0 Å². The highest BCUT2D eigenvalue weighted by Crippen LogP contribution is 2.19. The first kappa shape index (κ1) is 22.2. The van der Waals surface area contributed by atoms with Crippen LogP contribution in [0.15, 0.2) is 53.4 Å². The summed E-state index contributed by atoms with van der Waals surface area (Å²) >= 11 is 5.90. The van der Waals surface area contributed by atoms with E-state index in [1.165, 1.54) is 40.5 Å². The zero-order valence-corrected chi connectivity index (χ0v) is 17.9. The third kappa shape index (κ3) is 5.37.